The van der Waals surface area contributed by atoms with Crippen LogP contribution in [0.4, 0.5) is 0 Å². The number of hydrogen-bond acceptors (Lipinski definition) is 6. The molecule has 2 heterocycles. The molecule has 9 heteroatoms. The van der Waals surface area contributed by atoms with Crippen molar-refractivity contribution in [2.24, 2.45) is 11.8 Å². The molecule has 3 rings (SSSR count). The first-order chi connectivity index (χ1) is 15.7. The Kier molecular flexibility index (Phi) is 8.55. The predicted octanol–water partition coefficient (Wildman–Crippen LogP) is 2.37. The van der Waals surface area contributed by atoms with Gasteiger partial charge in [-0.3, -0.25) is 4.79 Å². The predicted molar refractivity (Wildman–Crippen MR) is 126 cm³/mol. The van der Waals surface area contributed by atoms with Gasteiger partial charge in [0, 0.05) is 44.7 Å². The molecule has 3 atom stereocenters. The highest BCUT2D eigenvalue weighted by Crippen LogP contribution is 2.34. The highest BCUT2D eigenvalue weighted by atomic mass is 32.2. The fraction of sp³-hybridized carbons (Fsp3) is 0.625. The van der Waals surface area contributed by atoms with Crippen LogP contribution in [0.5, 0.6) is 5.75 Å². The number of aliphatic hydroxyl groups is 1. The van der Waals surface area contributed by atoms with Crippen LogP contribution < -0.4 is 4.74 Å². The van der Waals surface area contributed by atoms with Crippen molar-refractivity contribution in [3.05, 3.63) is 29.8 Å². The molecule has 1 aromatic rings. The first kappa shape index (κ1) is 25.7. The largest absolute Gasteiger partial charge is 0.487 e. The molecule has 1 amide bonds. The summed E-state index contributed by atoms with van der Waals surface area (Å²) in [7, 11) is -2.10. The Hall–Kier alpha value is -1.94. The van der Waals surface area contributed by atoms with Crippen LogP contribution in [0.15, 0.2) is 29.2 Å². The van der Waals surface area contributed by atoms with Gasteiger partial charge in [-0.15, -0.1) is 0 Å². The van der Waals surface area contributed by atoms with E-state index >= 15 is 0 Å². The Balaban J connectivity index is 1.95. The molecule has 33 heavy (non-hydrogen) atoms. The third kappa shape index (κ3) is 5.77. The fourth-order valence-electron chi connectivity index (χ4n) is 4.37. The Bertz CT molecular complexity index is 958. The molecule has 0 aliphatic carbocycles. The molecule has 1 aromatic carbocycles. The fourth-order valence-corrected chi connectivity index (χ4v) is 6.20. The Morgan fingerprint density at radius 2 is 2.03 bits per heavy atom. The number of amides is 1. The van der Waals surface area contributed by atoms with Crippen LogP contribution in [0.1, 0.15) is 39.2 Å². The average Bonchev–Trinajstić information content (AvgIpc) is 2.81. The summed E-state index contributed by atoms with van der Waals surface area (Å²) in [5, 5.41) is 9.75. The van der Waals surface area contributed by atoms with Gasteiger partial charge in [0.25, 0.3) is 0 Å². The first-order valence-electron chi connectivity index (χ1n) is 11.6. The number of fused-ring (bicyclic) bond motifs is 1. The van der Waals surface area contributed by atoms with Gasteiger partial charge in [0.15, 0.2) is 0 Å². The van der Waals surface area contributed by atoms with Crippen molar-refractivity contribution in [3.8, 4) is 5.75 Å². The van der Waals surface area contributed by atoms with Crippen molar-refractivity contribution in [1.29, 1.82) is 0 Å². The summed E-state index contributed by atoms with van der Waals surface area (Å²) >= 11 is 0. The van der Waals surface area contributed by atoms with E-state index in [1.165, 1.54) is 4.31 Å². The molecule has 0 unspecified atom stereocenters. The van der Waals surface area contributed by atoms with E-state index in [0.29, 0.717) is 32.6 Å². The molecule has 0 bridgehead atoms. The standard InChI is InChI=1S/C24H36N2O6S/c1-5-6-19-7-8-23-21(13-19)32-22(15-25(4)24(28)20-9-11-31-12-10-20)17(2)14-26(18(3)16-27)33(23,29)30/h5-8,13,17-18,20,22,27H,9-12,14-16H2,1-4H3/b6-5+/t17-,18-,22+/m1/s1. The van der Waals surface area contributed by atoms with Gasteiger partial charge in [-0.1, -0.05) is 25.1 Å². The van der Waals surface area contributed by atoms with Crippen molar-refractivity contribution in [2.75, 3.05) is 40.0 Å². The van der Waals surface area contributed by atoms with Gasteiger partial charge in [0.05, 0.1) is 13.2 Å². The number of carbonyl (C=O) groups is 1. The lowest BCUT2D eigenvalue weighted by atomic mass is 9.97. The monoisotopic (exact) mass is 480 g/mol. The van der Waals surface area contributed by atoms with Crippen molar-refractivity contribution in [2.45, 2.75) is 50.7 Å². The molecule has 0 saturated carbocycles. The highest BCUT2D eigenvalue weighted by Gasteiger charge is 2.38. The molecular weight excluding hydrogens is 444 g/mol. The van der Waals surface area contributed by atoms with Crippen LogP contribution in [-0.2, 0) is 19.6 Å². The van der Waals surface area contributed by atoms with E-state index in [4.69, 9.17) is 9.47 Å². The number of allylic oxidation sites excluding steroid dienone is 1. The summed E-state index contributed by atoms with van der Waals surface area (Å²) in [6, 6.07) is 4.43. The molecule has 0 radical (unpaired) electrons. The quantitative estimate of drug-likeness (QED) is 0.672. The van der Waals surface area contributed by atoms with Crippen LogP contribution >= 0.6 is 0 Å². The molecule has 2 aliphatic rings. The number of benzene rings is 1. The van der Waals surface area contributed by atoms with Crippen molar-refractivity contribution < 1.29 is 27.8 Å². The Morgan fingerprint density at radius 3 is 2.67 bits per heavy atom. The summed E-state index contributed by atoms with van der Waals surface area (Å²) in [5.74, 6) is 0.0566. The van der Waals surface area contributed by atoms with Gasteiger partial charge in [-0.2, -0.15) is 4.31 Å². The number of hydrogen-bond donors (Lipinski definition) is 1. The van der Waals surface area contributed by atoms with Crippen molar-refractivity contribution >= 4 is 22.0 Å². The molecule has 1 saturated heterocycles. The van der Waals surface area contributed by atoms with Gasteiger partial charge in [0.2, 0.25) is 15.9 Å². The lowest BCUT2D eigenvalue weighted by Crippen LogP contribution is -2.50. The molecular formula is C24H36N2O6S. The first-order valence-corrected chi connectivity index (χ1v) is 13.0. The molecule has 1 N–H and O–H groups in total. The summed E-state index contributed by atoms with van der Waals surface area (Å²) in [6.45, 7) is 6.92. The number of sulfonamides is 1. The van der Waals surface area contributed by atoms with E-state index in [1.807, 2.05) is 26.0 Å². The van der Waals surface area contributed by atoms with Crippen LogP contribution in [0.25, 0.3) is 6.08 Å². The molecule has 1 fully saturated rings. The van der Waals surface area contributed by atoms with Gasteiger partial charge in [0.1, 0.15) is 16.7 Å². The van der Waals surface area contributed by atoms with Crippen LogP contribution in [0, 0.1) is 11.8 Å². The smallest absolute Gasteiger partial charge is 0.247 e. The topological polar surface area (TPSA) is 96.4 Å². The second-order valence-electron chi connectivity index (χ2n) is 9.05. The summed E-state index contributed by atoms with van der Waals surface area (Å²) < 4.78 is 40.0. The maximum Gasteiger partial charge on any atom is 0.247 e. The summed E-state index contributed by atoms with van der Waals surface area (Å²) in [4.78, 5) is 14.8. The number of aliphatic hydroxyl groups excluding tert-OH is 1. The zero-order chi connectivity index (χ0) is 24.2. The van der Waals surface area contributed by atoms with E-state index in [0.717, 1.165) is 5.56 Å². The minimum atomic E-state index is -3.87. The number of nitrogens with zero attached hydrogens (tertiary/aromatic N) is 2. The van der Waals surface area contributed by atoms with E-state index in [-0.39, 0.29) is 41.5 Å². The lowest BCUT2D eigenvalue weighted by molar-refractivity contribution is -0.138. The highest BCUT2D eigenvalue weighted by molar-refractivity contribution is 7.89. The Morgan fingerprint density at radius 1 is 1.33 bits per heavy atom. The van der Waals surface area contributed by atoms with E-state index in [2.05, 4.69) is 0 Å². The van der Waals surface area contributed by atoms with Crippen molar-refractivity contribution in [3.63, 3.8) is 0 Å². The number of ether oxygens (including phenoxy) is 2. The maximum absolute atomic E-state index is 13.5. The minimum absolute atomic E-state index is 0.0623. The summed E-state index contributed by atoms with van der Waals surface area (Å²) in [5.41, 5.74) is 0.826. The maximum atomic E-state index is 13.5. The number of carbonyl (C=O) groups excluding carboxylic acids is 1. The average molecular weight is 481 g/mol. The molecule has 8 nitrogen and oxygen atoms in total. The second kappa shape index (κ2) is 11.0. The molecule has 0 aromatic heterocycles. The van der Waals surface area contributed by atoms with E-state index in [9.17, 15) is 18.3 Å². The minimum Gasteiger partial charge on any atom is -0.487 e. The van der Waals surface area contributed by atoms with Gasteiger partial charge >= 0.3 is 0 Å². The zero-order valence-corrected chi connectivity index (χ0v) is 20.8. The van der Waals surface area contributed by atoms with Crippen LogP contribution in [-0.4, -0.2) is 80.7 Å². The van der Waals surface area contributed by atoms with Crippen LogP contribution in [0.3, 0.4) is 0 Å². The third-order valence-electron chi connectivity index (χ3n) is 6.45. The zero-order valence-electron chi connectivity index (χ0n) is 19.9. The van der Waals surface area contributed by atoms with Gasteiger partial charge in [-0.05, 0) is 44.4 Å². The van der Waals surface area contributed by atoms with Gasteiger partial charge in [-0.25, -0.2) is 8.42 Å². The third-order valence-corrected chi connectivity index (χ3v) is 8.47. The van der Waals surface area contributed by atoms with E-state index < -0.39 is 22.2 Å². The normalized spacial score (nSPS) is 25.0. The molecule has 184 valence electrons. The summed E-state index contributed by atoms with van der Waals surface area (Å²) in [6.07, 6.45) is 4.75. The van der Waals surface area contributed by atoms with Crippen molar-refractivity contribution in [1.82, 2.24) is 9.21 Å². The SMILES string of the molecule is C/C=C/c1ccc2c(c1)O[C@@H](CN(C)C(=O)C1CCOCC1)[C@H](C)CN([C@H](C)CO)S2(=O)=O. The second-order valence-corrected chi connectivity index (χ2v) is 10.9. The van der Waals surface area contributed by atoms with Gasteiger partial charge < -0.3 is 19.5 Å². The Labute approximate surface area is 197 Å². The lowest BCUT2D eigenvalue weighted by Gasteiger charge is -2.38. The molecule has 0 spiro atoms. The molecule has 2 aliphatic heterocycles. The number of rotatable bonds is 6. The number of likely N-dealkylation sites (N-methyl/N-ethyl adjacent to an activating group) is 1. The van der Waals surface area contributed by atoms with E-state index in [1.54, 1.807) is 37.1 Å². The van der Waals surface area contributed by atoms with Crippen LogP contribution in [0.2, 0.25) is 0 Å².